The maximum Gasteiger partial charge on any atom is 0.315 e. The molecule has 0 bridgehead atoms. The van der Waals surface area contributed by atoms with Crippen molar-refractivity contribution in [2.24, 2.45) is 5.41 Å². The predicted octanol–water partition coefficient (Wildman–Crippen LogP) is 2.54. The summed E-state index contributed by atoms with van der Waals surface area (Å²) in [5.41, 5.74) is -0.657. The molecule has 0 aliphatic carbocycles. The van der Waals surface area contributed by atoms with E-state index in [1.54, 1.807) is 24.3 Å². The molecule has 2 heterocycles. The molecule has 140 valence electrons. The quantitative estimate of drug-likeness (QED) is 0.897. The SMILES string of the molecule is COc1cccc2c1OC[C@]1(C(=O)O)CN(C(=O)c3ccccc3F)C[C@H]21. The molecule has 1 amide bonds. The van der Waals surface area contributed by atoms with Crippen molar-refractivity contribution < 1.29 is 28.6 Å². The predicted molar refractivity (Wildman–Crippen MR) is 93.6 cm³/mol. The van der Waals surface area contributed by atoms with E-state index in [-0.39, 0.29) is 25.3 Å². The number of aliphatic carboxylic acids is 1. The minimum Gasteiger partial charge on any atom is -0.493 e. The van der Waals surface area contributed by atoms with Crippen molar-refractivity contribution in [3.05, 3.63) is 59.4 Å². The molecule has 0 unspecified atom stereocenters. The number of hydrogen-bond acceptors (Lipinski definition) is 4. The fourth-order valence-electron chi connectivity index (χ4n) is 4.01. The molecule has 2 atom stereocenters. The van der Waals surface area contributed by atoms with Gasteiger partial charge in [-0.05, 0) is 18.2 Å². The average Bonchev–Trinajstić information content (AvgIpc) is 3.09. The van der Waals surface area contributed by atoms with E-state index in [2.05, 4.69) is 0 Å². The van der Waals surface area contributed by atoms with Crippen LogP contribution in [-0.2, 0) is 4.79 Å². The molecule has 0 radical (unpaired) electrons. The van der Waals surface area contributed by atoms with E-state index < -0.39 is 29.0 Å². The first-order valence-corrected chi connectivity index (χ1v) is 8.55. The number of ether oxygens (including phenoxy) is 2. The van der Waals surface area contributed by atoms with Crippen LogP contribution in [0, 0.1) is 11.2 Å². The molecule has 2 aromatic rings. The number of likely N-dealkylation sites (tertiary alicyclic amines) is 1. The molecule has 0 saturated carbocycles. The van der Waals surface area contributed by atoms with Crippen molar-refractivity contribution in [3.8, 4) is 11.5 Å². The normalized spacial score (nSPS) is 23.2. The van der Waals surface area contributed by atoms with Gasteiger partial charge in [0.2, 0.25) is 0 Å². The zero-order chi connectivity index (χ0) is 19.2. The third kappa shape index (κ3) is 2.53. The van der Waals surface area contributed by atoms with E-state index in [9.17, 15) is 19.1 Å². The average molecular weight is 371 g/mol. The summed E-state index contributed by atoms with van der Waals surface area (Å²) in [6, 6.07) is 11.0. The monoisotopic (exact) mass is 371 g/mol. The van der Waals surface area contributed by atoms with E-state index in [0.29, 0.717) is 17.1 Å². The van der Waals surface area contributed by atoms with Crippen molar-refractivity contribution in [2.45, 2.75) is 5.92 Å². The minimum absolute atomic E-state index is 0.0448. The molecular weight excluding hydrogens is 353 g/mol. The Bertz CT molecular complexity index is 930. The topological polar surface area (TPSA) is 76.1 Å². The molecule has 2 aromatic carbocycles. The number of hydrogen-bond donors (Lipinski definition) is 1. The zero-order valence-corrected chi connectivity index (χ0v) is 14.6. The van der Waals surface area contributed by atoms with Crippen LogP contribution in [0.3, 0.4) is 0 Å². The molecule has 1 N–H and O–H groups in total. The van der Waals surface area contributed by atoms with E-state index >= 15 is 0 Å². The second-order valence-corrected chi connectivity index (χ2v) is 6.85. The highest BCUT2D eigenvalue weighted by molar-refractivity contribution is 5.95. The molecule has 7 heteroatoms. The maximum atomic E-state index is 14.1. The number of benzene rings is 2. The van der Waals surface area contributed by atoms with Gasteiger partial charge in [0.15, 0.2) is 11.5 Å². The summed E-state index contributed by atoms with van der Waals surface area (Å²) in [5, 5.41) is 9.95. The summed E-state index contributed by atoms with van der Waals surface area (Å²) in [6.45, 7) is 0.0429. The van der Waals surface area contributed by atoms with Crippen LogP contribution in [0.2, 0.25) is 0 Å². The highest BCUT2D eigenvalue weighted by Gasteiger charge is 2.58. The molecular formula is C20H18FNO5. The van der Waals surface area contributed by atoms with Gasteiger partial charge in [-0.2, -0.15) is 0 Å². The van der Waals surface area contributed by atoms with Crippen molar-refractivity contribution in [3.63, 3.8) is 0 Å². The smallest absolute Gasteiger partial charge is 0.315 e. The maximum absolute atomic E-state index is 14.1. The standard InChI is InChI=1S/C20H18FNO5/c1-26-16-8-4-6-12-14-9-22(18(23)13-5-2-3-7-15(13)21)10-20(14,19(24)25)11-27-17(12)16/h2-8,14H,9-11H2,1H3,(H,24,25)/t14-,20-/m1/s1. The number of carbonyl (C=O) groups is 2. The second-order valence-electron chi connectivity index (χ2n) is 6.85. The van der Waals surface area contributed by atoms with Gasteiger partial charge in [-0.25, -0.2) is 4.39 Å². The van der Waals surface area contributed by atoms with Gasteiger partial charge in [-0.3, -0.25) is 9.59 Å². The highest BCUT2D eigenvalue weighted by Crippen LogP contribution is 2.52. The third-order valence-corrected chi connectivity index (χ3v) is 5.44. The molecule has 2 aliphatic heterocycles. The number of nitrogens with zero attached hydrogens (tertiary/aromatic N) is 1. The van der Waals surface area contributed by atoms with Crippen LogP contribution in [0.15, 0.2) is 42.5 Å². The molecule has 2 aliphatic rings. The Labute approximate surface area is 155 Å². The number of carbonyl (C=O) groups excluding carboxylic acids is 1. The van der Waals surface area contributed by atoms with Crippen molar-refractivity contribution in [1.29, 1.82) is 0 Å². The summed E-state index contributed by atoms with van der Waals surface area (Å²) in [4.78, 5) is 26.4. The Balaban J connectivity index is 1.75. The Kier molecular flexibility index (Phi) is 4.02. The third-order valence-electron chi connectivity index (χ3n) is 5.44. The Morgan fingerprint density at radius 3 is 2.74 bits per heavy atom. The molecule has 0 spiro atoms. The van der Waals surface area contributed by atoms with Crippen LogP contribution in [0.4, 0.5) is 4.39 Å². The molecule has 4 rings (SSSR count). The fourth-order valence-corrected chi connectivity index (χ4v) is 4.01. The van der Waals surface area contributed by atoms with Crippen molar-refractivity contribution in [2.75, 3.05) is 26.8 Å². The van der Waals surface area contributed by atoms with Gasteiger partial charge in [0.1, 0.15) is 17.8 Å². The van der Waals surface area contributed by atoms with E-state index in [1.807, 2.05) is 0 Å². The molecule has 6 nitrogen and oxygen atoms in total. The van der Waals surface area contributed by atoms with Gasteiger partial charge < -0.3 is 19.5 Å². The molecule has 1 fully saturated rings. The van der Waals surface area contributed by atoms with Crippen LogP contribution in [-0.4, -0.2) is 48.7 Å². The summed E-state index contributed by atoms with van der Waals surface area (Å²) >= 11 is 0. The van der Waals surface area contributed by atoms with Gasteiger partial charge in [0.25, 0.3) is 5.91 Å². The molecule has 0 aromatic heterocycles. The highest BCUT2D eigenvalue weighted by atomic mass is 19.1. The van der Waals surface area contributed by atoms with Gasteiger partial charge in [-0.15, -0.1) is 0 Å². The van der Waals surface area contributed by atoms with Crippen LogP contribution in [0.25, 0.3) is 0 Å². The van der Waals surface area contributed by atoms with Crippen LogP contribution in [0.5, 0.6) is 11.5 Å². The number of rotatable bonds is 3. The summed E-state index contributed by atoms with van der Waals surface area (Å²) in [6.07, 6.45) is 0. The van der Waals surface area contributed by atoms with Gasteiger partial charge >= 0.3 is 5.97 Å². The first-order valence-electron chi connectivity index (χ1n) is 8.55. The van der Waals surface area contributed by atoms with E-state index in [0.717, 1.165) is 0 Å². The largest absolute Gasteiger partial charge is 0.493 e. The number of carboxylic acids is 1. The first-order chi connectivity index (χ1) is 13.0. The second kappa shape index (κ2) is 6.26. The number of halogens is 1. The number of para-hydroxylation sites is 1. The summed E-state index contributed by atoms with van der Waals surface area (Å²) in [5.74, 6) is -1.63. The Morgan fingerprint density at radius 2 is 2.04 bits per heavy atom. The van der Waals surface area contributed by atoms with Gasteiger partial charge in [0, 0.05) is 24.6 Å². The van der Waals surface area contributed by atoms with Crippen LogP contribution in [0.1, 0.15) is 21.8 Å². The lowest BCUT2D eigenvalue weighted by Crippen LogP contribution is -2.46. The Morgan fingerprint density at radius 1 is 1.26 bits per heavy atom. The van der Waals surface area contributed by atoms with Crippen molar-refractivity contribution in [1.82, 2.24) is 4.90 Å². The van der Waals surface area contributed by atoms with Crippen LogP contribution >= 0.6 is 0 Å². The zero-order valence-electron chi connectivity index (χ0n) is 14.6. The first kappa shape index (κ1) is 17.3. The van der Waals surface area contributed by atoms with Gasteiger partial charge in [-0.1, -0.05) is 24.3 Å². The lowest BCUT2D eigenvalue weighted by molar-refractivity contribution is -0.151. The number of fused-ring (bicyclic) bond motifs is 3. The van der Waals surface area contributed by atoms with Crippen LogP contribution < -0.4 is 9.47 Å². The Hall–Kier alpha value is -3.09. The summed E-state index contributed by atoms with van der Waals surface area (Å²) in [7, 11) is 1.51. The lowest BCUT2D eigenvalue weighted by Gasteiger charge is -2.36. The van der Waals surface area contributed by atoms with Crippen molar-refractivity contribution >= 4 is 11.9 Å². The van der Waals surface area contributed by atoms with E-state index in [4.69, 9.17) is 9.47 Å². The number of carboxylic acid groups (broad SMARTS) is 1. The molecule has 27 heavy (non-hydrogen) atoms. The van der Waals surface area contributed by atoms with E-state index in [1.165, 1.54) is 30.2 Å². The number of methoxy groups -OCH3 is 1. The summed E-state index contributed by atoms with van der Waals surface area (Å²) < 4.78 is 25.1. The lowest BCUT2D eigenvalue weighted by atomic mass is 9.73. The minimum atomic E-state index is -1.28. The fraction of sp³-hybridized carbons (Fsp3) is 0.300. The van der Waals surface area contributed by atoms with Gasteiger partial charge in [0.05, 0.1) is 12.7 Å². The number of amides is 1. The molecule has 1 saturated heterocycles.